The van der Waals surface area contributed by atoms with Crippen molar-refractivity contribution in [2.75, 3.05) is 18.9 Å². The number of nitrogen functional groups attached to an aromatic ring is 1. The van der Waals surface area contributed by atoms with Crippen LogP contribution in [0, 0.1) is 6.92 Å². The molecule has 0 aliphatic carbocycles. The van der Waals surface area contributed by atoms with E-state index in [-0.39, 0.29) is 24.2 Å². The molecule has 2 aliphatic heterocycles. The predicted molar refractivity (Wildman–Crippen MR) is 139 cm³/mol. The van der Waals surface area contributed by atoms with Gasteiger partial charge in [-0.3, -0.25) is 32.5 Å². The van der Waals surface area contributed by atoms with Crippen LogP contribution in [0.2, 0.25) is 0 Å². The maximum Gasteiger partial charge on any atom is 0.694 e. The van der Waals surface area contributed by atoms with Crippen LogP contribution in [-0.4, -0.2) is 76.3 Å². The number of anilines is 1. The molecule has 2 aromatic heterocycles. The lowest BCUT2D eigenvalue weighted by atomic mass is 10.2. The van der Waals surface area contributed by atoms with Crippen LogP contribution in [-0.2, 0) is 41.3 Å². The Balaban J connectivity index is 1.48. The highest BCUT2D eigenvalue weighted by Gasteiger charge is 2.46. The van der Waals surface area contributed by atoms with Gasteiger partial charge in [-0.1, -0.05) is 0 Å². The second kappa shape index (κ2) is 13.3. The third kappa shape index (κ3) is 8.80. The number of H-pyrrole nitrogens is 1. The highest BCUT2D eigenvalue weighted by molar-refractivity contribution is 7.47. The molecule has 0 bridgehead atoms. The summed E-state index contributed by atoms with van der Waals surface area (Å²) < 4.78 is 68.3. The van der Waals surface area contributed by atoms with Gasteiger partial charge in [-0.25, -0.2) is 18.7 Å². The van der Waals surface area contributed by atoms with Crippen LogP contribution in [0.1, 0.15) is 30.9 Å². The number of nitrogens with one attached hydrogen (secondary N) is 1. The summed E-state index contributed by atoms with van der Waals surface area (Å²) in [6.45, 7) is -0.0289. The van der Waals surface area contributed by atoms with E-state index in [0.717, 1.165) is 15.3 Å². The van der Waals surface area contributed by atoms with Gasteiger partial charge in [-0.2, -0.15) is 4.98 Å². The summed E-state index contributed by atoms with van der Waals surface area (Å²) >= 11 is 0. The van der Waals surface area contributed by atoms with Gasteiger partial charge in [-0.15, -0.1) is 9.42 Å². The largest absolute Gasteiger partial charge is 0.694 e. The van der Waals surface area contributed by atoms with E-state index >= 15 is 0 Å². The first-order valence-electron chi connectivity index (χ1n) is 12.2. The van der Waals surface area contributed by atoms with Crippen LogP contribution in [0.15, 0.2) is 32.8 Å². The average Bonchev–Trinajstić information content (AvgIpc) is 3.45. The number of aromatic amines is 1. The van der Waals surface area contributed by atoms with Gasteiger partial charge < -0.3 is 29.9 Å². The van der Waals surface area contributed by atoms with E-state index in [9.17, 15) is 42.8 Å². The Morgan fingerprint density at radius 3 is 2.28 bits per heavy atom. The molecule has 2 unspecified atom stereocenters. The van der Waals surface area contributed by atoms with Gasteiger partial charge in [-0.05, 0) is 13.0 Å². The minimum Gasteiger partial charge on any atom is -0.383 e. The number of phosphoric acid groups is 2. The number of rotatable bonds is 12. The lowest BCUT2D eigenvalue weighted by Gasteiger charge is -2.23. The van der Waals surface area contributed by atoms with Crippen molar-refractivity contribution < 1.29 is 60.8 Å². The Bertz CT molecular complexity index is 1620. The van der Waals surface area contributed by atoms with E-state index in [4.69, 9.17) is 33.7 Å². The summed E-state index contributed by atoms with van der Waals surface area (Å²) in [5.41, 5.74) is 3.24. The monoisotopic (exact) mass is 674 g/mol. The minimum absolute atomic E-state index is 0.0737. The Morgan fingerprint density at radius 2 is 1.67 bits per heavy atom. The summed E-state index contributed by atoms with van der Waals surface area (Å²) in [6.07, 6.45) is -5.98. The molecular weight excluding hydrogens is 647 g/mol. The number of hydrogen-bond acceptors (Lipinski definition) is 14. The van der Waals surface area contributed by atoms with E-state index in [2.05, 4.69) is 14.5 Å². The SMILES string of the molecule is Cc1cn([C@H]2C[C@H](OP(=O)(O)O)[C@@H](COP(=O)(O)O[C@H]3C[C@H](n4ccc(N)nc4=O)O[C@@H]3CO[P+](=O)O)O2)c(=O)[nH]c1=O. The second-order valence-corrected chi connectivity index (χ2v) is 12.7. The molecule has 43 heavy (non-hydrogen) atoms. The fourth-order valence-electron chi connectivity index (χ4n) is 4.39. The second-order valence-electron chi connectivity index (χ2n) is 9.33. The van der Waals surface area contributed by atoms with Crippen molar-refractivity contribution in [3.8, 4) is 0 Å². The number of hydrogen-bond donors (Lipinski definition) is 6. The molecule has 24 heteroatoms. The summed E-state index contributed by atoms with van der Waals surface area (Å²) in [6, 6.07) is 1.29. The topological polar surface area (TPSA) is 303 Å². The van der Waals surface area contributed by atoms with E-state index < -0.39 is 90.9 Å². The lowest BCUT2D eigenvalue weighted by molar-refractivity contribution is -0.0551. The van der Waals surface area contributed by atoms with Crippen LogP contribution in [0.4, 0.5) is 5.82 Å². The van der Waals surface area contributed by atoms with Crippen molar-refractivity contribution in [1.82, 2.24) is 19.1 Å². The first kappa shape index (κ1) is 33.4. The summed E-state index contributed by atoms with van der Waals surface area (Å²) in [4.78, 5) is 80.0. The number of ether oxygens (including phenoxy) is 2. The fraction of sp³-hybridized carbons (Fsp3) is 0.579. The highest BCUT2D eigenvalue weighted by atomic mass is 31.2. The third-order valence-electron chi connectivity index (χ3n) is 6.27. The number of aromatic nitrogens is 4. The van der Waals surface area contributed by atoms with Gasteiger partial charge >= 0.3 is 35.3 Å². The zero-order chi connectivity index (χ0) is 31.7. The number of nitrogens with zero attached hydrogens (tertiary/aromatic N) is 3. The molecule has 0 saturated carbocycles. The molecule has 4 heterocycles. The molecular formula is C19H27N5O16P3+. The van der Waals surface area contributed by atoms with Gasteiger partial charge in [0.15, 0.2) is 0 Å². The van der Waals surface area contributed by atoms with Crippen LogP contribution in [0.25, 0.3) is 0 Å². The highest BCUT2D eigenvalue weighted by Crippen LogP contribution is 2.50. The molecule has 2 aliphatic rings. The normalized spacial score (nSPS) is 27.7. The van der Waals surface area contributed by atoms with Crippen molar-refractivity contribution >= 4 is 29.7 Å². The molecule has 0 amide bonds. The summed E-state index contributed by atoms with van der Waals surface area (Å²) in [5.74, 6) is -0.0737. The molecule has 2 saturated heterocycles. The van der Waals surface area contributed by atoms with Crippen molar-refractivity contribution in [2.45, 2.75) is 56.6 Å². The number of nitrogens with two attached hydrogens (primary N) is 1. The number of aryl methyl sites for hydroxylation is 1. The Kier molecular flexibility index (Phi) is 10.3. The molecule has 21 nitrogen and oxygen atoms in total. The first-order chi connectivity index (χ1) is 20.0. The summed E-state index contributed by atoms with van der Waals surface area (Å²) in [7, 11) is -13.3. The third-order valence-corrected chi connectivity index (χ3v) is 8.20. The van der Waals surface area contributed by atoms with Gasteiger partial charge in [0.05, 0.1) is 6.61 Å². The quantitative estimate of drug-likeness (QED) is 0.146. The molecule has 0 spiro atoms. The lowest BCUT2D eigenvalue weighted by Crippen LogP contribution is -2.33. The molecule has 7 N–H and O–H groups in total. The summed E-state index contributed by atoms with van der Waals surface area (Å²) in [5, 5.41) is 0. The van der Waals surface area contributed by atoms with E-state index in [1.165, 1.54) is 19.2 Å². The van der Waals surface area contributed by atoms with Crippen LogP contribution >= 0.6 is 23.9 Å². The first-order valence-corrected chi connectivity index (χ1v) is 16.3. The smallest absolute Gasteiger partial charge is 0.383 e. The Labute approximate surface area is 240 Å². The molecule has 0 aromatic carbocycles. The maximum atomic E-state index is 12.9. The molecule has 4 rings (SSSR count). The van der Waals surface area contributed by atoms with Gasteiger partial charge in [0, 0.05) is 35.4 Å². The van der Waals surface area contributed by atoms with Gasteiger partial charge in [0.2, 0.25) is 0 Å². The van der Waals surface area contributed by atoms with Crippen LogP contribution in [0.5, 0.6) is 0 Å². The zero-order valence-electron chi connectivity index (χ0n) is 22.0. The fourth-order valence-corrected chi connectivity index (χ4v) is 6.20. The standard InChI is InChI=1S/C19H26N5O16P3/c1-9-6-24(19(27)22-17(9)25)16-4-10(39-42(30,31)32)13(38-16)8-36-43(33,34)40-11-5-15(37-12(11)7-35-41(28)29)23-3-2-14(20)21-18(23)26/h2-3,6,10-13,15-16H,4-5,7-8H2,1H3,(H6-,20,21,22,25,26,27,28,29,30,31,32,33,34)/p+1/t10-,11-,12+,13+,15+,16+/m0/s1. The van der Waals surface area contributed by atoms with Gasteiger partial charge in [0.25, 0.3) is 5.56 Å². The number of phosphoric ester groups is 2. The minimum atomic E-state index is -5.11. The molecule has 8 atom stereocenters. The van der Waals surface area contributed by atoms with E-state index in [0.29, 0.717) is 0 Å². The molecule has 2 fully saturated rings. The Morgan fingerprint density at radius 1 is 1.07 bits per heavy atom. The van der Waals surface area contributed by atoms with Crippen LogP contribution in [0.3, 0.4) is 0 Å². The van der Waals surface area contributed by atoms with Crippen molar-refractivity contribution in [3.05, 3.63) is 55.3 Å². The van der Waals surface area contributed by atoms with E-state index in [1.807, 2.05) is 0 Å². The van der Waals surface area contributed by atoms with Crippen LogP contribution < -0.4 is 22.7 Å². The predicted octanol–water partition coefficient (Wildman–Crippen LogP) is -1.09. The maximum absolute atomic E-state index is 12.9. The van der Waals surface area contributed by atoms with Crippen molar-refractivity contribution in [1.29, 1.82) is 0 Å². The average molecular weight is 674 g/mol. The Hall–Kier alpha value is -2.48. The van der Waals surface area contributed by atoms with E-state index in [1.54, 1.807) is 0 Å². The van der Waals surface area contributed by atoms with Crippen molar-refractivity contribution in [2.24, 2.45) is 0 Å². The zero-order valence-corrected chi connectivity index (χ0v) is 24.7. The molecule has 238 valence electrons. The molecule has 0 radical (unpaired) electrons. The van der Waals surface area contributed by atoms with Crippen molar-refractivity contribution in [3.63, 3.8) is 0 Å². The van der Waals surface area contributed by atoms with Gasteiger partial charge in [0.1, 0.15) is 49.3 Å². The molecule has 2 aromatic rings.